The first kappa shape index (κ1) is 29.1. The van der Waals surface area contributed by atoms with E-state index >= 15 is 0 Å². The van der Waals surface area contributed by atoms with Gasteiger partial charge in [-0.15, -0.1) is 0 Å². The number of aliphatic hydroxyl groups is 3. The van der Waals surface area contributed by atoms with Gasteiger partial charge in [0.05, 0.1) is 6.61 Å². The molecule has 5 unspecified atom stereocenters. The van der Waals surface area contributed by atoms with Crippen LogP contribution in [0.5, 0.6) is 17.2 Å². The lowest BCUT2D eigenvalue weighted by Crippen LogP contribution is -2.59. The van der Waals surface area contributed by atoms with Crippen LogP contribution in [0.1, 0.15) is 16.7 Å². The molecule has 0 radical (unpaired) electrons. The average molecular weight is 553 g/mol. The van der Waals surface area contributed by atoms with Crippen LogP contribution in [0.15, 0.2) is 78.9 Å². The normalized spacial score (nSPS) is 22.7. The summed E-state index contributed by atoms with van der Waals surface area (Å²) in [6.07, 6.45) is -4.02. The van der Waals surface area contributed by atoms with Crippen molar-refractivity contribution in [3.05, 3.63) is 95.6 Å². The summed E-state index contributed by atoms with van der Waals surface area (Å²) in [5, 5.41) is 49.7. The maximum absolute atomic E-state index is 12.1. The molecule has 1 aliphatic heterocycles. The molecule has 1 fully saturated rings. The number of carbonyl (C=O) groups is 1. The van der Waals surface area contributed by atoms with E-state index < -0.39 is 43.3 Å². The average Bonchev–Trinajstić information content (AvgIpc) is 2.97. The second kappa shape index (κ2) is 13.9. The Hall–Kier alpha value is -3.93. The van der Waals surface area contributed by atoms with Crippen LogP contribution in [0.2, 0.25) is 0 Å². The molecule has 0 aromatic heterocycles. The number of rotatable bonds is 11. The van der Waals surface area contributed by atoms with Crippen molar-refractivity contribution in [1.82, 2.24) is 0 Å². The summed E-state index contributed by atoms with van der Waals surface area (Å²) in [6, 6.07) is 21.4. The van der Waals surface area contributed by atoms with Gasteiger partial charge in [-0.25, -0.2) is 4.79 Å². The van der Waals surface area contributed by atoms with Gasteiger partial charge in [-0.1, -0.05) is 48.5 Å². The highest BCUT2D eigenvalue weighted by atomic mass is 16.7. The van der Waals surface area contributed by atoms with Crippen LogP contribution in [0.25, 0.3) is 6.08 Å². The highest BCUT2D eigenvalue weighted by molar-refractivity contribution is 5.87. The van der Waals surface area contributed by atoms with E-state index in [0.717, 1.165) is 23.0 Å². The van der Waals surface area contributed by atoms with Crippen molar-refractivity contribution >= 4 is 12.0 Å². The van der Waals surface area contributed by atoms with Gasteiger partial charge in [-0.3, -0.25) is 0 Å². The first-order valence-corrected chi connectivity index (χ1v) is 12.7. The monoisotopic (exact) mass is 552 g/mol. The maximum atomic E-state index is 12.1. The van der Waals surface area contributed by atoms with Gasteiger partial charge in [0.2, 0.25) is 0 Å². The summed E-state index contributed by atoms with van der Waals surface area (Å²) in [7, 11) is 0. The van der Waals surface area contributed by atoms with E-state index in [9.17, 15) is 30.3 Å². The highest BCUT2D eigenvalue weighted by Crippen LogP contribution is 2.26. The van der Waals surface area contributed by atoms with E-state index in [1.807, 2.05) is 54.6 Å². The largest absolute Gasteiger partial charge is 0.504 e. The van der Waals surface area contributed by atoms with Crippen LogP contribution in [0.4, 0.5) is 0 Å². The third-order valence-electron chi connectivity index (χ3n) is 6.31. The number of ether oxygens (including phenoxy) is 4. The molecule has 5 atom stereocenters. The molecule has 5 N–H and O–H groups in total. The minimum atomic E-state index is -1.57. The zero-order valence-corrected chi connectivity index (χ0v) is 21.6. The molecule has 1 aliphatic rings. The summed E-state index contributed by atoms with van der Waals surface area (Å²) in [5.74, 6) is -0.664. The third-order valence-corrected chi connectivity index (χ3v) is 6.31. The van der Waals surface area contributed by atoms with Gasteiger partial charge >= 0.3 is 5.97 Å². The number of phenolic OH excluding ortho intramolecular Hbond substituents is 2. The zero-order chi connectivity index (χ0) is 28.5. The van der Waals surface area contributed by atoms with E-state index in [0.29, 0.717) is 18.6 Å². The molecule has 0 saturated carbocycles. The molecule has 212 valence electrons. The fraction of sp³-hybridized carbons (Fsp3) is 0.300. The molecule has 0 amide bonds. The van der Waals surface area contributed by atoms with Crippen molar-refractivity contribution in [3.63, 3.8) is 0 Å². The lowest BCUT2D eigenvalue weighted by molar-refractivity contribution is -0.301. The van der Waals surface area contributed by atoms with Gasteiger partial charge in [-0.05, 0) is 53.5 Å². The molecule has 0 spiro atoms. The van der Waals surface area contributed by atoms with Crippen LogP contribution in [-0.2, 0) is 32.0 Å². The summed E-state index contributed by atoms with van der Waals surface area (Å²) >= 11 is 0. The third kappa shape index (κ3) is 8.04. The van der Waals surface area contributed by atoms with E-state index in [1.54, 1.807) is 0 Å². The van der Waals surface area contributed by atoms with Gasteiger partial charge in [0.1, 0.15) is 43.4 Å². The quantitative estimate of drug-likeness (QED) is 0.136. The molecule has 1 heterocycles. The van der Waals surface area contributed by atoms with Gasteiger partial charge in [0, 0.05) is 6.08 Å². The number of carbonyl (C=O) groups excluding carboxylic acids is 1. The molecule has 0 bridgehead atoms. The minimum absolute atomic E-state index is 0.156. The Balaban J connectivity index is 1.23. The first-order valence-electron chi connectivity index (χ1n) is 12.7. The van der Waals surface area contributed by atoms with Gasteiger partial charge < -0.3 is 44.5 Å². The predicted octanol–water partition coefficient (Wildman–Crippen LogP) is 2.30. The molecule has 3 aromatic carbocycles. The number of aromatic hydroxyl groups is 2. The maximum Gasteiger partial charge on any atom is 0.330 e. The Bertz CT molecular complexity index is 1260. The molecular weight excluding hydrogens is 520 g/mol. The molecule has 4 rings (SSSR count). The number of phenols is 2. The predicted molar refractivity (Wildman–Crippen MR) is 143 cm³/mol. The summed E-state index contributed by atoms with van der Waals surface area (Å²) < 4.78 is 22.1. The minimum Gasteiger partial charge on any atom is -0.504 e. The van der Waals surface area contributed by atoms with Crippen molar-refractivity contribution in [1.29, 1.82) is 0 Å². The number of aliphatic hydroxyl groups excluding tert-OH is 3. The summed E-state index contributed by atoms with van der Waals surface area (Å²) in [6.45, 7) is 0.215. The fourth-order valence-electron chi connectivity index (χ4n) is 4.00. The highest BCUT2D eigenvalue weighted by Gasteiger charge is 2.44. The SMILES string of the molecule is O=C(C=Cc1ccc(O)c(O)c1)OCC1OC(OCCc2ccc(OCc3ccccc3)cc2)C(O)C(O)C1O. The molecule has 1 saturated heterocycles. The van der Waals surface area contributed by atoms with Gasteiger partial charge in [0.25, 0.3) is 0 Å². The Morgan fingerprint density at radius 3 is 2.33 bits per heavy atom. The second-order valence-corrected chi connectivity index (χ2v) is 9.27. The van der Waals surface area contributed by atoms with Crippen molar-refractivity contribution in [3.8, 4) is 17.2 Å². The second-order valence-electron chi connectivity index (χ2n) is 9.27. The van der Waals surface area contributed by atoms with Crippen molar-refractivity contribution in [2.24, 2.45) is 0 Å². The van der Waals surface area contributed by atoms with E-state index in [-0.39, 0.29) is 18.1 Å². The number of benzene rings is 3. The smallest absolute Gasteiger partial charge is 0.330 e. The Morgan fingerprint density at radius 1 is 0.850 bits per heavy atom. The lowest BCUT2D eigenvalue weighted by atomic mass is 9.99. The van der Waals surface area contributed by atoms with Crippen LogP contribution >= 0.6 is 0 Å². The molecule has 3 aromatic rings. The van der Waals surface area contributed by atoms with E-state index in [4.69, 9.17) is 18.9 Å². The summed E-state index contributed by atoms with van der Waals surface area (Å²) in [4.78, 5) is 12.1. The first-order chi connectivity index (χ1) is 19.3. The number of hydrogen-bond acceptors (Lipinski definition) is 10. The van der Waals surface area contributed by atoms with E-state index in [2.05, 4.69) is 0 Å². The topological polar surface area (TPSA) is 155 Å². The standard InChI is InChI=1S/C30H32O10/c31-23-12-8-20(16-24(23)32)9-13-26(33)39-18-25-27(34)28(35)29(36)30(40-25)37-15-14-19-6-10-22(11-7-19)38-17-21-4-2-1-3-5-21/h1-13,16,25,27-32,34-36H,14-15,17-18H2. The molecule has 0 aliphatic carbocycles. The van der Waals surface area contributed by atoms with Crippen molar-refractivity contribution in [2.45, 2.75) is 43.7 Å². The number of esters is 1. The Morgan fingerprint density at radius 2 is 1.60 bits per heavy atom. The van der Waals surface area contributed by atoms with Crippen molar-refractivity contribution in [2.75, 3.05) is 13.2 Å². The van der Waals surface area contributed by atoms with Gasteiger partial charge in [0.15, 0.2) is 17.8 Å². The fourth-order valence-corrected chi connectivity index (χ4v) is 4.00. The lowest BCUT2D eigenvalue weighted by Gasteiger charge is -2.39. The van der Waals surface area contributed by atoms with Crippen LogP contribution in [0.3, 0.4) is 0 Å². The summed E-state index contributed by atoms with van der Waals surface area (Å²) in [5.41, 5.74) is 2.47. The molecule has 40 heavy (non-hydrogen) atoms. The Kier molecular flexibility index (Phi) is 10.1. The van der Waals surface area contributed by atoms with E-state index in [1.165, 1.54) is 24.3 Å². The van der Waals surface area contributed by atoms with Crippen LogP contribution < -0.4 is 4.74 Å². The molecular formula is C30H32O10. The zero-order valence-electron chi connectivity index (χ0n) is 21.6. The molecule has 10 heteroatoms. The van der Waals surface area contributed by atoms with Crippen molar-refractivity contribution < 1.29 is 49.3 Å². The van der Waals surface area contributed by atoms with Gasteiger partial charge in [-0.2, -0.15) is 0 Å². The Labute approximate surface area is 231 Å². The number of hydrogen-bond donors (Lipinski definition) is 5. The van der Waals surface area contributed by atoms with Crippen LogP contribution in [-0.4, -0.2) is 75.4 Å². The molecule has 10 nitrogen and oxygen atoms in total. The van der Waals surface area contributed by atoms with Crippen LogP contribution in [0, 0.1) is 0 Å².